The lowest BCUT2D eigenvalue weighted by atomic mass is 10.2. The predicted molar refractivity (Wildman–Crippen MR) is 48.7 cm³/mol. The van der Waals surface area contributed by atoms with Crippen LogP contribution in [0.15, 0.2) is 6.20 Å². The van der Waals surface area contributed by atoms with Crippen LogP contribution in [0.3, 0.4) is 0 Å². The van der Waals surface area contributed by atoms with E-state index >= 15 is 0 Å². The molecular formula is C9H15N3. The van der Waals surface area contributed by atoms with Gasteiger partial charge in [-0.1, -0.05) is 13.8 Å². The number of rotatable bonds is 3. The van der Waals surface area contributed by atoms with Gasteiger partial charge in [0.15, 0.2) is 0 Å². The molecule has 1 aromatic rings. The van der Waals surface area contributed by atoms with E-state index in [0.717, 1.165) is 29.9 Å². The van der Waals surface area contributed by atoms with Crippen LogP contribution < -0.4 is 5.73 Å². The van der Waals surface area contributed by atoms with Crippen LogP contribution in [-0.4, -0.2) is 9.97 Å². The quantitative estimate of drug-likeness (QED) is 0.728. The molecule has 0 saturated carbocycles. The molecule has 0 radical (unpaired) electrons. The average Bonchev–Trinajstić information content (AvgIpc) is 2.16. The van der Waals surface area contributed by atoms with E-state index in [-0.39, 0.29) is 0 Å². The highest BCUT2D eigenvalue weighted by atomic mass is 14.9. The van der Waals surface area contributed by atoms with Gasteiger partial charge in [0.25, 0.3) is 0 Å². The summed E-state index contributed by atoms with van der Waals surface area (Å²) in [7, 11) is 0. The summed E-state index contributed by atoms with van der Waals surface area (Å²) in [5, 5.41) is 0. The molecule has 0 aliphatic heterocycles. The van der Waals surface area contributed by atoms with Gasteiger partial charge in [-0.2, -0.15) is 0 Å². The third-order valence-electron chi connectivity index (χ3n) is 1.88. The summed E-state index contributed by atoms with van der Waals surface area (Å²) in [6.45, 7) is 4.67. The largest absolute Gasteiger partial charge is 0.326 e. The highest BCUT2D eigenvalue weighted by Crippen LogP contribution is 2.05. The molecule has 1 aromatic heterocycles. The lowest BCUT2D eigenvalue weighted by Gasteiger charge is -2.04. The van der Waals surface area contributed by atoms with E-state index in [1.165, 1.54) is 0 Å². The molecule has 0 bridgehead atoms. The standard InChI is InChI=1S/C9H15N3/c1-3-8-7(5-10)6-11-9(4-2)12-8/h6H,3-5,10H2,1-2H3. The Morgan fingerprint density at radius 1 is 1.33 bits per heavy atom. The lowest BCUT2D eigenvalue weighted by Crippen LogP contribution is -2.06. The Kier molecular flexibility index (Phi) is 3.17. The Hall–Kier alpha value is -0.960. The minimum Gasteiger partial charge on any atom is -0.326 e. The van der Waals surface area contributed by atoms with E-state index in [2.05, 4.69) is 23.8 Å². The Labute approximate surface area is 73.0 Å². The molecule has 3 heteroatoms. The Balaban J connectivity index is 3.02. The molecular weight excluding hydrogens is 150 g/mol. The number of nitrogens with two attached hydrogens (primary N) is 1. The number of hydrogen-bond acceptors (Lipinski definition) is 3. The maximum absolute atomic E-state index is 5.54. The first kappa shape index (κ1) is 9.13. The third kappa shape index (κ3) is 1.80. The zero-order chi connectivity index (χ0) is 8.97. The van der Waals surface area contributed by atoms with Crippen LogP contribution in [0.2, 0.25) is 0 Å². The van der Waals surface area contributed by atoms with Crippen molar-refractivity contribution in [1.82, 2.24) is 9.97 Å². The smallest absolute Gasteiger partial charge is 0.128 e. The summed E-state index contributed by atoms with van der Waals surface area (Å²) in [5.74, 6) is 0.907. The van der Waals surface area contributed by atoms with Crippen LogP contribution in [0.1, 0.15) is 30.9 Å². The van der Waals surface area contributed by atoms with Crippen LogP contribution in [0.4, 0.5) is 0 Å². The molecule has 0 aliphatic carbocycles. The average molecular weight is 165 g/mol. The predicted octanol–water partition coefficient (Wildman–Crippen LogP) is 1.06. The van der Waals surface area contributed by atoms with Crippen molar-refractivity contribution in [3.8, 4) is 0 Å². The lowest BCUT2D eigenvalue weighted by molar-refractivity contribution is 0.847. The third-order valence-corrected chi connectivity index (χ3v) is 1.88. The first-order chi connectivity index (χ1) is 5.81. The highest BCUT2D eigenvalue weighted by Gasteiger charge is 2.01. The van der Waals surface area contributed by atoms with Crippen LogP contribution in [-0.2, 0) is 19.4 Å². The van der Waals surface area contributed by atoms with Gasteiger partial charge in [-0.05, 0) is 6.42 Å². The summed E-state index contributed by atoms with van der Waals surface area (Å²) in [5.41, 5.74) is 7.69. The fourth-order valence-corrected chi connectivity index (χ4v) is 1.13. The maximum atomic E-state index is 5.54. The van der Waals surface area contributed by atoms with E-state index in [4.69, 9.17) is 5.73 Å². The summed E-state index contributed by atoms with van der Waals surface area (Å²) < 4.78 is 0. The first-order valence-corrected chi connectivity index (χ1v) is 4.35. The summed E-state index contributed by atoms with van der Waals surface area (Å²) >= 11 is 0. The van der Waals surface area contributed by atoms with E-state index in [9.17, 15) is 0 Å². The fraction of sp³-hybridized carbons (Fsp3) is 0.556. The molecule has 0 fully saturated rings. The van der Waals surface area contributed by atoms with Crippen molar-refractivity contribution in [3.63, 3.8) is 0 Å². The van der Waals surface area contributed by atoms with Gasteiger partial charge in [0.2, 0.25) is 0 Å². The van der Waals surface area contributed by atoms with Crippen molar-refractivity contribution in [2.75, 3.05) is 0 Å². The Morgan fingerprint density at radius 3 is 2.58 bits per heavy atom. The zero-order valence-corrected chi connectivity index (χ0v) is 7.67. The molecule has 1 heterocycles. The first-order valence-electron chi connectivity index (χ1n) is 4.35. The zero-order valence-electron chi connectivity index (χ0n) is 7.67. The van der Waals surface area contributed by atoms with Gasteiger partial charge in [-0.3, -0.25) is 0 Å². The summed E-state index contributed by atoms with van der Waals surface area (Å²) in [6, 6.07) is 0. The number of hydrogen-bond donors (Lipinski definition) is 1. The molecule has 1 rings (SSSR count). The maximum Gasteiger partial charge on any atom is 0.128 e. The molecule has 0 saturated heterocycles. The molecule has 3 nitrogen and oxygen atoms in total. The second-order valence-electron chi connectivity index (χ2n) is 2.67. The van der Waals surface area contributed by atoms with Crippen molar-refractivity contribution in [3.05, 3.63) is 23.3 Å². The van der Waals surface area contributed by atoms with E-state index in [1.807, 2.05) is 6.20 Å². The van der Waals surface area contributed by atoms with Crippen LogP contribution in [0.5, 0.6) is 0 Å². The highest BCUT2D eigenvalue weighted by molar-refractivity contribution is 5.17. The molecule has 0 unspecified atom stereocenters. The summed E-state index contributed by atoms with van der Waals surface area (Å²) in [4.78, 5) is 8.57. The molecule has 0 aromatic carbocycles. The monoisotopic (exact) mass is 165 g/mol. The van der Waals surface area contributed by atoms with Gasteiger partial charge in [0.1, 0.15) is 5.82 Å². The minimum atomic E-state index is 0.535. The molecule has 0 atom stereocenters. The second-order valence-corrected chi connectivity index (χ2v) is 2.67. The van der Waals surface area contributed by atoms with Crippen molar-refractivity contribution < 1.29 is 0 Å². The molecule has 0 amide bonds. The van der Waals surface area contributed by atoms with Crippen molar-refractivity contribution in [1.29, 1.82) is 0 Å². The van der Waals surface area contributed by atoms with Crippen molar-refractivity contribution in [2.24, 2.45) is 5.73 Å². The van der Waals surface area contributed by atoms with E-state index in [0.29, 0.717) is 6.54 Å². The normalized spacial score (nSPS) is 10.2. The van der Waals surface area contributed by atoms with Crippen LogP contribution in [0, 0.1) is 0 Å². The number of aromatic nitrogens is 2. The van der Waals surface area contributed by atoms with Gasteiger partial charge in [-0.15, -0.1) is 0 Å². The molecule has 0 spiro atoms. The molecule has 0 aliphatic rings. The SMILES string of the molecule is CCc1ncc(CN)c(CC)n1. The van der Waals surface area contributed by atoms with Gasteiger partial charge < -0.3 is 5.73 Å². The van der Waals surface area contributed by atoms with Gasteiger partial charge in [0.05, 0.1) is 0 Å². The van der Waals surface area contributed by atoms with Gasteiger partial charge in [0, 0.05) is 30.4 Å². The number of nitrogens with zero attached hydrogens (tertiary/aromatic N) is 2. The molecule has 66 valence electrons. The van der Waals surface area contributed by atoms with E-state index < -0.39 is 0 Å². The van der Waals surface area contributed by atoms with Crippen molar-refractivity contribution in [2.45, 2.75) is 33.2 Å². The van der Waals surface area contributed by atoms with Crippen LogP contribution >= 0.6 is 0 Å². The second kappa shape index (κ2) is 4.16. The number of aryl methyl sites for hydroxylation is 2. The minimum absolute atomic E-state index is 0.535. The van der Waals surface area contributed by atoms with Crippen LogP contribution in [0.25, 0.3) is 0 Å². The molecule has 12 heavy (non-hydrogen) atoms. The van der Waals surface area contributed by atoms with Gasteiger partial charge in [-0.25, -0.2) is 9.97 Å². The summed E-state index contributed by atoms with van der Waals surface area (Å²) in [6.07, 6.45) is 3.66. The fourth-order valence-electron chi connectivity index (χ4n) is 1.13. The Morgan fingerprint density at radius 2 is 2.08 bits per heavy atom. The Bertz CT molecular complexity index is 258. The topological polar surface area (TPSA) is 51.8 Å². The van der Waals surface area contributed by atoms with E-state index in [1.54, 1.807) is 0 Å². The van der Waals surface area contributed by atoms with Crippen molar-refractivity contribution >= 4 is 0 Å². The van der Waals surface area contributed by atoms with Gasteiger partial charge >= 0.3 is 0 Å². The molecule has 2 N–H and O–H groups in total.